The van der Waals surface area contributed by atoms with Crippen molar-refractivity contribution in [3.63, 3.8) is 0 Å². The van der Waals surface area contributed by atoms with E-state index in [1.54, 1.807) is 6.92 Å². The molecule has 0 radical (unpaired) electrons. The molecule has 3 aromatic rings. The first-order valence-corrected chi connectivity index (χ1v) is 11.5. The van der Waals surface area contributed by atoms with Gasteiger partial charge in [0, 0.05) is 41.9 Å². The molecule has 1 aliphatic carbocycles. The number of ether oxygens (including phenoxy) is 1. The first-order chi connectivity index (χ1) is 17.4. The van der Waals surface area contributed by atoms with Crippen molar-refractivity contribution in [3.8, 4) is 11.8 Å². The van der Waals surface area contributed by atoms with Gasteiger partial charge in [0.05, 0.1) is 5.57 Å². The Labute approximate surface area is 211 Å². The zero-order chi connectivity index (χ0) is 27.0. The second-order valence-corrected chi connectivity index (χ2v) is 8.97. The lowest BCUT2D eigenvalue weighted by Gasteiger charge is -2.25. The van der Waals surface area contributed by atoms with Crippen LogP contribution < -0.4 is 5.56 Å². The molecule has 190 valence electrons. The monoisotopic (exact) mass is 507 g/mol. The molecule has 5 nitrogen and oxygen atoms in total. The Hall–Kier alpha value is -4.09. The van der Waals surface area contributed by atoms with Crippen LogP contribution in [0.4, 0.5) is 13.2 Å². The molecule has 8 heteroatoms. The van der Waals surface area contributed by atoms with Gasteiger partial charge in [0.25, 0.3) is 5.56 Å². The average molecular weight is 508 g/mol. The third-order valence-electron chi connectivity index (χ3n) is 6.40. The number of alkyl halides is 3. The molecule has 1 heterocycles. The summed E-state index contributed by atoms with van der Waals surface area (Å²) < 4.78 is 48.7. The van der Waals surface area contributed by atoms with E-state index in [9.17, 15) is 27.9 Å². The van der Waals surface area contributed by atoms with Gasteiger partial charge >= 0.3 is 12.1 Å². The number of hydrogen-bond acceptors (Lipinski definition) is 4. The number of aromatic nitrogens is 1. The number of aryl methyl sites for hydroxylation is 2. The highest BCUT2D eigenvalue weighted by Gasteiger charge is 2.54. The number of hydrogen-bond donors (Lipinski definition) is 1. The van der Waals surface area contributed by atoms with Gasteiger partial charge in [-0.3, -0.25) is 4.79 Å². The van der Waals surface area contributed by atoms with Gasteiger partial charge in [-0.15, -0.1) is 0 Å². The predicted molar refractivity (Wildman–Crippen MR) is 132 cm³/mol. The molecule has 1 aliphatic rings. The molecule has 0 spiro atoms. The molecule has 0 saturated carbocycles. The topological polar surface area (TPSA) is 68.5 Å². The lowest BCUT2D eigenvalue weighted by atomic mass is 9.92. The van der Waals surface area contributed by atoms with Crippen LogP contribution >= 0.6 is 0 Å². The van der Waals surface area contributed by atoms with Crippen LogP contribution in [0.5, 0.6) is 0 Å². The minimum Gasteiger partial charge on any atom is -0.457 e. The third kappa shape index (κ3) is 4.83. The van der Waals surface area contributed by atoms with Crippen LogP contribution in [0.3, 0.4) is 0 Å². The van der Waals surface area contributed by atoms with E-state index in [0.717, 1.165) is 23.3 Å². The Morgan fingerprint density at radius 1 is 1.08 bits per heavy atom. The zero-order valence-corrected chi connectivity index (χ0v) is 20.4. The van der Waals surface area contributed by atoms with Gasteiger partial charge in [-0.2, -0.15) is 13.2 Å². The minimum atomic E-state index is -5.10. The number of halogens is 3. The van der Waals surface area contributed by atoms with Gasteiger partial charge in [0.15, 0.2) is 0 Å². The molecule has 0 saturated heterocycles. The van der Waals surface area contributed by atoms with Crippen molar-refractivity contribution in [1.82, 2.24) is 4.57 Å². The number of carbonyl (C=O) groups excluding carboxylic acids is 1. The summed E-state index contributed by atoms with van der Waals surface area (Å²) in [4.78, 5) is 26.0. The molecule has 1 aromatic heterocycles. The summed E-state index contributed by atoms with van der Waals surface area (Å²) in [5.41, 5.74) is -1.53. The molecular weight excluding hydrogens is 483 g/mol. The Bertz CT molecular complexity index is 1520. The van der Waals surface area contributed by atoms with Crippen LogP contribution in [0.1, 0.15) is 40.3 Å². The first-order valence-electron chi connectivity index (χ1n) is 11.5. The highest BCUT2D eigenvalue weighted by Crippen LogP contribution is 2.39. The molecule has 0 bridgehead atoms. The SMILES string of the molecule is CC1=C(C(=O)OCc2ccccc2C)c2c(C#CC(O)(c3ccccc3)C(F)(F)F)cn(C)c(=O)c2C1. The molecule has 4 rings (SSSR count). The van der Waals surface area contributed by atoms with Gasteiger partial charge < -0.3 is 14.4 Å². The molecule has 0 aliphatic heterocycles. The van der Waals surface area contributed by atoms with Gasteiger partial charge in [-0.25, -0.2) is 4.79 Å². The number of rotatable bonds is 4. The largest absolute Gasteiger partial charge is 0.457 e. The Morgan fingerprint density at radius 3 is 2.38 bits per heavy atom. The molecule has 2 aromatic carbocycles. The quantitative estimate of drug-likeness (QED) is 0.415. The fraction of sp³-hybridized carbons (Fsp3) is 0.241. The Balaban J connectivity index is 1.79. The number of pyridine rings is 1. The fourth-order valence-corrected chi connectivity index (χ4v) is 4.32. The number of aliphatic hydroxyl groups is 1. The Morgan fingerprint density at radius 2 is 1.73 bits per heavy atom. The summed E-state index contributed by atoms with van der Waals surface area (Å²) in [6.07, 6.45) is -3.70. The highest BCUT2D eigenvalue weighted by atomic mass is 19.4. The molecular formula is C29H24F3NO4. The van der Waals surface area contributed by atoms with E-state index >= 15 is 0 Å². The van der Waals surface area contributed by atoms with Crippen LogP contribution in [-0.4, -0.2) is 21.8 Å². The van der Waals surface area contributed by atoms with E-state index in [1.807, 2.05) is 37.1 Å². The van der Waals surface area contributed by atoms with Crippen molar-refractivity contribution in [1.29, 1.82) is 0 Å². The Kier molecular flexibility index (Phi) is 6.85. The maximum absolute atomic E-state index is 14.0. The highest BCUT2D eigenvalue weighted by molar-refractivity contribution is 6.19. The van der Waals surface area contributed by atoms with Crippen LogP contribution in [-0.2, 0) is 35.2 Å². The molecule has 37 heavy (non-hydrogen) atoms. The fourth-order valence-electron chi connectivity index (χ4n) is 4.32. The van der Waals surface area contributed by atoms with Crippen molar-refractivity contribution in [3.05, 3.63) is 110 Å². The van der Waals surface area contributed by atoms with Crippen LogP contribution in [0.15, 0.2) is 71.2 Å². The number of nitrogens with zero attached hydrogens (tertiary/aromatic N) is 1. The lowest BCUT2D eigenvalue weighted by molar-refractivity contribution is -0.240. The summed E-state index contributed by atoms with van der Waals surface area (Å²) in [6, 6.07) is 13.9. The standard InChI is InChI=1S/C29H24F3NO4/c1-18-9-7-8-10-21(18)17-37-27(35)24-19(2)15-23-25(24)20(16-33(3)26(23)34)13-14-28(36,29(30,31)32)22-11-5-4-6-12-22/h4-12,16,36H,15,17H2,1-3H3. The summed E-state index contributed by atoms with van der Waals surface area (Å²) in [5, 5.41) is 10.6. The third-order valence-corrected chi connectivity index (χ3v) is 6.40. The molecule has 1 N–H and O–H groups in total. The second kappa shape index (κ2) is 9.75. The van der Waals surface area contributed by atoms with Crippen molar-refractivity contribution < 1.29 is 27.8 Å². The minimum absolute atomic E-state index is 0.00862. The van der Waals surface area contributed by atoms with Gasteiger partial charge in [0.1, 0.15) is 6.61 Å². The van der Waals surface area contributed by atoms with E-state index in [0.29, 0.717) is 5.57 Å². The van der Waals surface area contributed by atoms with E-state index in [2.05, 4.69) is 5.92 Å². The van der Waals surface area contributed by atoms with E-state index in [4.69, 9.17) is 4.74 Å². The zero-order valence-electron chi connectivity index (χ0n) is 20.4. The van der Waals surface area contributed by atoms with Gasteiger partial charge in [-0.05, 0) is 30.9 Å². The molecule has 1 atom stereocenters. The predicted octanol–water partition coefficient (Wildman–Crippen LogP) is 4.57. The molecule has 1 unspecified atom stereocenters. The molecule has 0 amide bonds. The average Bonchev–Trinajstić information content (AvgIpc) is 3.21. The number of allylic oxidation sites excluding steroid dienone is 1. The van der Waals surface area contributed by atoms with E-state index < -0.39 is 28.9 Å². The molecule has 0 fully saturated rings. The van der Waals surface area contributed by atoms with E-state index in [1.165, 1.54) is 36.0 Å². The summed E-state index contributed by atoms with van der Waals surface area (Å²) in [6.45, 7) is 3.53. The first kappa shape index (κ1) is 26.0. The number of benzene rings is 2. The summed E-state index contributed by atoms with van der Waals surface area (Å²) >= 11 is 0. The van der Waals surface area contributed by atoms with Crippen LogP contribution in [0, 0.1) is 18.8 Å². The van der Waals surface area contributed by atoms with Crippen molar-refractivity contribution in [2.45, 2.75) is 38.7 Å². The van der Waals surface area contributed by atoms with Gasteiger partial charge in [0.2, 0.25) is 5.60 Å². The van der Waals surface area contributed by atoms with E-state index in [-0.39, 0.29) is 35.3 Å². The smallest absolute Gasteiger partial charge is 0.433 e. The number of esters is 1. The summed E-state index contributed by atoms with van der Waals surface area (Å²) in [7, 11) is 1.45. The lowest BCUT2D eigenvalue weighted by Crippen LogP contribution is -2.41. The van der Waals surface area contributed by atoms with Crippen molar-refractivity contribution in [2.24, 2.45) is 7.05 Å². The van der Waals surface area contributed by atoms with Crippen molar-refractivity contribution in [2.75, 3.05) is 0 Å². The van der Waals surface area contributed by atoms with Crippen LogP contribution in [0.2, 0.25) is 0 Å². The summed E-state index contributed by atoms with van der Waals surface area (Å²) in [5.74, 6) is 3.70. The van der Waals surface area contributed by atoms with Crippen LogP contribution in [0.25, 0.3) is 5.57 Å². The maximum atomic E-state index is 14.0. The maximum Gasteiger partial charge on any atom is 0.433 e. The van der Waals surface area contributed by atoms with Crippen molar-refractivity contribution >= 4 is 11.5 Å². The normalized spacial score (nSPS) is 14.5. The number of fused-ring (bicyclic) bond motifs is 1. The second-order valence-electron chi connectivity index (χ2n) is 8.97. The van der Waals surface area contributed by atoms with Gasteiger partial charge in [-0.1, -0.05) is 66.1 Å². The number of carbonyl (C=O) groups is 1.